The number of hydrogen-bond acceptors (Lipinski definition) is 5. The average molecular weight is 420 g/mol. The zero-order valence-corrected chi connectivity index (χ0v) is 16.8. The molecule has 0 saturated carbocycles. The number of methoxy groups -OCH3 is 1. The van der Waals surface area contributed by atoms with Crippen molar-refractivity contribution in [1.82, 2.24) is 9.80 Å². The summed E-state index contributed by atoms with van der Waals surface area (Å²) in [5, 5.41) is 7.12. The first-order chi connectivity index (χ1) is 13.5. The van der Waals surface area contributed by atoms with Gasteiger partial charge in [0.15, 0.2) is 5.76 Å². The average Bonchev–Trinajstić information content (AvgIpc) is 3.35. The molecule has 7 nitrogen and oxygen atoms in total. The summed E-state index contributed by atoms with van der Waals surface area (Å²) in [4.78, 5) is 26.0. The van der Waals surface area contributed by atoms with Crippen LogP contribution in [0.1, 0.15) is 29.5 Å². The van der Waals surface area contributed by atoms with Crippen molar-refractivity contribution < 1.29 is 37.0 Å². The van der Waals surface area contributed by atoms with Gasteiger partial charge in [0.05, 0.1) is 12.9 Å². The summed E-state index contributed by atoms with van der Waals surface area (Å²) in [7, 11) is 1.77. The van der Waals surface area contributed by atoms with Gasteiger partial charge in [0.2, 0.25) is 0 Å². The highest BCUT2D eigenvalue weighted by atomic mass is 19.4. The van der Waals surface area contributed by atoms with Crippen molar-refractivity contribution in [3.05, 3.63) is 23.7 Å². The third-order valence-corrected chi connectivity index (χ3v) is 5.67. The summed E-state index contributed by atoms with van der Waals surface area (Å²) in [6.07, 6.45) is -2.43. The molecule has 1 aromatic rings. The summed E-state index contributed by atoms with van der Waals surface area (Å²) in [5.74, 6) is -1.73. The van der Waals surface area contributed by atoms with Gasteiger partial charge in [-0.15, -0.1) is 0 Å². The summed E-state index contributed by atoms with van der Waals surface area (Å²) < 4.78 is 42.6. The van der Waals surface area contributed by atoms with E-state index in [0.29, 0.717) is 11.7 Å². The van der Waals surface area contributed by atoms with Crippen molar-refractivity contribution >= 4 is 11.9 Å². The molecule has 0 radical (unpaired) electrons. The highest BCUT2D eigenvalue weighted by Crippen LogP contribution is 2.44. The molecule has 2 atom stereocenters. The maximum Gasteiger partial charge on any atom is 0.490 e. The number of ether oxygens (including phenoxy) is 1. The molecule has 164 valence electrons. The number of nitrogens with zero attached hydrogens (tertiary/aromatic N) is 2. The van der Waals surface area contributed by atoms with E-state index in [0.717, 1.165) is 51.3 Å². The van der Waals surface area contributed by atoms with E-state index in [1.165, 1.54) is 0 Å². The molecule has 3 rings (SSSR count). The number of aliphatic carboxylic acids is 1. The maximum absolute atomic E-state index is 12.7. The maximum atomic E-state index is 12.7. The van der Waals surface area contributed by atoms with Crippen molar-refractivity contribution in [3.63, 3.8) is 0 Å². The smallest absolute Gasteiger partial charge is 0.475 e. The highest BCUT2D eigenvalue weighted by molar-refractivity contribution is 5.93. The monoisotopic (exact) mass is 420 g/mol. The van der Waals surface area contributed by atoms with Crippen LogP contribution in [0, 0.1) is 18.3 Å². The largest absolute Gasteiger partial charge is 0.490 e. The highest BCUT2D eigenvalue weighted by Gasteiger charge is 2.51. The third-order valence-electron chi connectivity index (χ3n) is 5.67. The van der Waals surface area contributed by atoms with Crippen LogP contribution < -0.4 is 0 Å². The van der Waals surface area contributed by atoms with Crippen LogP contribution in [0.3, 0.4) is 0 Å². The molecule has 3 heterocycles. The summed E-state index contributed by atoms with van der Waals surface area (Å²) in [5.41, 5.74) is 1.10. The second-order valence-electron chi connectivity index (χ2n) is 7.55. The van der Waals surface area contributed by atoms with Gasteiger partial charge in [-0.1, -0.05) is 6.92 Å². The number of carbonyl (C=O) groups is 2. The molecule has 29 heavy (non-hydrogen) atoms. The van der Waals surface area contributed by atoms with Crippen LogP contribution in [0.2, 0.25) is 0 Å². The molecule has 2 aliphatic heterocycles. The van der Waals surface area contributed by atoms with E-state index >= 15 is 0 Å². The molecule has 0 unspecified atom stereocenters. The molecule has 0 bridgehead atoms. The summed E-state index contributed by atoms with van der Waals surface area (Å²) in [6.45, 7) is 9.74. The Morgan fingerprint density at radius 1 is 1.38 bits per heavy atom. The van der Waals surface area contributed by atoms with E-state index in [2.05, 4.69) is 11.8 Å². The molecular weight excluding hydrogens is 393 g/mol. The Morgan fingerprint density at radius 3 is 2.52 bits per heavy atom. The van der Waals surface area contributed by atoms with Gasteiger partial charge in [0.1, 0.15) is 0 Å². The lowest BCUT2D eigenvalue weighted by Gasteiger charge is -2.30. The second kappa shape index (κ2) is 9.17. The van der Waals surface area contributed by atoms with Crippen molar-refractivity contribution in [3.8, 4) is 0 Å². The Kier molecular flexibility index (Phi) is 7.34. The normalized spacial score (nSPS) is 24.6. The fourth-order valence-electron chi connectivity index (χ4n) is 4.08. The number of aryl methyl sites for hydroxylation is 1. The lowest BCUT2D eigenvalue weighted by molar-refractivity contribution is -0.192. The fourth-order valence-corrected chi connectivity index (χ4v) is 4.08. The van der Waals surface area contributed by atoms with Crippen LogP contribution in [0.5, 0.6) is 0 Å². The Hall–Kier alpha value is -2.07. The third kappa shape index (κ3) is 5.30. The summed E-state index contributed by atoms with van der Waals surface area (Å²) in [6, 6.07) is 1.85. The number of amides is 1. The van der Waals surface area contributed by atoms with Crippen LogP contribution in [-0.2, 0) is 9.53 Å². The number of alkyl halides is 3. The SMILES string of the molecule is CCN1C[C@@H](COC)[C@]2(CCN(C(=O)c3occc3C)C2)C1.O=C(O)C(F)(F)F. The lowest BCUT2D eigenvalue weighted by atomic mass is 9.77. The molecular formula is C19H27F3N2O5. The van der Waals surface area contributed by atoms with Crippen LogP contribution >= 0.6 is 0 Å². The van der Waals surface area contributed by atoms with Crippen LogP contribution in [-0.4, -0.2) is 79.4 Å². The van der Waals surface area contributed by atoms with Gasteiger partial charge < -0.3 is 24.1 Å². The van der Waals surface area contributed by atoms with E-state index in [-0.39, 0.29) is 11.3 Å². The van der Waals surface area contributed by atoms with E-state index in [9.17, 15) is 18.0 Å². The Morgan fingerprint density at radius 2 is 2.03 bits per heavy atom. The Bertz CT molecular complexity index is 721. The zero-order chi connectivity index (χ0) is 21.8. The standard InChI is InChI=1S/C17H26N2O3.C2HF3O2/c1-4-18-9-14(10-21-3)17(11-18)6-7-19(12-17)16(20)15-13(2)5-8-22-15;3-2(4,5)1(6)7/h5,8,14H,4,6-7,9-12H2,1-3H3;(H,6,7)/t14-,17+;/m0./s1. The predicted molar refractivity (Wildman–Crippen MR) is 97.6 cm³/mol. The minimum atomic E-state index is -5.08. The van der Waals surface area contributed by atoms with Gasteiger partial charge in [-0.25, -0.2) is 4.79 Å². The van der Waals surface area contributed by atoms with Gasteiger partial charge in [-0.3, -0.25) is 4.79 Å². The van der Waals surface area contributed by atoms with Gasteiger partial charge >= 0.3 is 12.1 Å². The molecule has 10 heteroatoms. The number of furan rings is 1. The molecule has 1 spiro atoms. The first kappa shape index (κ1) is 23.2. The molecule has 2 aliphatic rings. The van der Waals surface area contributed by atoms with Crippen LogP contribution in [0.4, 0.5) is 13.2 Å². The number of hydrogen-bond donors (Lipinski definition) is 1. The molecule has 1 aromatic heterocycles. The zero-order valence-electron chi connectivity index (χ0n) is 16.8. The van der Waals surface area contributed by atoms with E-state index in [4.69, 9.17) is 19.1 Å². The topological polar surface area (TPSA) is 83.2 Å². The number of halogens is 3. The van der Waals surface area contributed by atoms with E-state index < -0.39 is 12.1 Å². The van der Waals surface area contributed by atoms with Gasteiger partial charge in [-0.05, 0) is 26.0 Å². The number of carbonyl (C=O) groups excluding carboxylic acids is 1. The molecule has 2 saturated heterocycles. The number of rotatable bonds is 4. The lowest BCUT2D eigenvalue weighted by Crippen LogP contribution is -2.38. The van der Waals surface area contributed by atoms with Crippen LogP contribution in [0.25, 0.3) is 0 Å². The van der Waals surface area contributed by atoms with Crippen molar-refractivity contribution in [2.45, 2.75) is 26.4 Å². The quantitative estimate of drug-likeness (QED) is 0.807. The Labute approximate surface area is 167 Å². The second-order valence-corrected chi connectivity index (χ2v) is 7.55. The van der Waals surface area contributed by atoms with E-state index in [1.807, 2.05) is 17.9 Å². The number of carboxylic acid groups (broad SMARTS) is 1. The predicted octanol–water partition coefficient (Wildman–Crippen LogP) is 2.65. The number of carboxylic acids is 1. The summed E-state index contributed by atoms with van der Waals surface area (Å²) >= 11 is 0. The molecule has 0 aromatic carbocycles. The van der Waals surface area contributed by atoms with Gasteiger partial charge in [-0.2, -0.15) is 13.2 Å². The van der Waals surface area contributed by atoms with Gasteiger partial charge in [0, 0.05) is 50.2 Å². The van der Waals surface area contributed by atoms with Crippen LogP contribution in [0.15, 0.2) is 16.7 Å². The molecule has 2 fully saturated rings. The first-order valence-corrected chi connectivity index (χ1v) is 9.39. The van der Waals surface area contributed by atoms with E-state index in [1.54, 1.807) is 13.4 Å². The minimum Gasteiger partial charge on any atom is -0.475 e. The van der Waals surface area contributed by atoms with Crippen molar-refractivity contribution in [2.24, 2.45) is 11.3 Å². The fraction of sp³-hybridized carbons (Fsp3) is 0.684. The van der Waals surface area contributed by atoms with Crippen molar-refractivity contribution in [2.75, 3.05) is 46.4 Å². The van der Waals surface area contributed by atoms with Gasteiger partial charge in [0.25, 0.3) is 5.91 Å². The molecule has 0 aliphatic carbocycles. The molecule has 1 N–H and O–H groups in total. The minimum absolute atomic E-state index is 0.0329. The van der Waals surface area contributed by atoms with Crippen molar-refractivity contribution in [1.29, 1.82) is 0 Å². The first-order valence-electron chi connectivity index (χ1n) is 9.39. The number of likely N-dealkylation sites (tertiary alicyclic amines) is 2. The Balaban J connectivity index is 0.000000370. The molecule has 1 amide bonds.